The van der Waals surface area contributed by atoms with Crippen LogP contribution in [0.2, 0.25) is 0 Å². The van der Waals surface area contributed by atoms with Crippen LogP contribution in [0.5, 0.6) is 0 Å². The molecule has 5 heteroatoms. The number of aliphatic carboxylic acids is 1. The van der Waals surface area contributed by atoms with Gasteiger partial charge in [0, 0.05) is 12.0 Å². The largest absolute Gasteiger partial charge is 0.481 e. The average molecular weight is 243 g/mol. The Morgan fingerprint density at radius 3 is 2.65 bits per heavy atom. The second-order valence-corrected chi connectivity index (χ2v) is 3.92. The molecule has 0 radical (unpaired) electrons. The van der Waals surface area contributed by atoms with Gasteiger partial charge < -0.3 is 10.8 Å². The molecule has 0 aliphatic rings. The summed E-state index contributed by atoms with van der Waals surface area (Å²) in [6.07, 6.45) is 0.184. The first kappa shape index (κ1) is 13.6. The average Bonchev–Trinajstić information content (AvgIpc) is 2.29. The third kappa shape index (κ3) is 3.23. The van der Waals surface area contributed by atoms with Gasteiger partial charge in [-0.2, -0.15) is 0 Å². The van der Waals surface area contributed by atoms with Gasteiger partial charge in [-0.15, -0.1) is 0 Å². The fourth-order valence-corrected chi connectivity index (χ4v) is 1.77. The van der Waals surface area contributed by atoms with Gasteiger partial charge >= 0.3 is 5.97 Å². The van der Waals surface area contributed by atoms with Crippen molar-refractivity contribution in [2.45, 2.75) is 31.7 Å². The van der Waals surface area contributed by atoms with Crippen LogP contribution in [0, 0.1) is 11.6 Å². The summed E-state index contributed by atoms with van der Waals surface area (Å²) in [6, 6.07) is 3.21. The molecule has 3 nitrogen and oxygen atoms in total. The number of benzene rings is 1. The standard InChI is InChI=1S/C12H15F2NO2/c1-2-10(15)8(6-11(16)17)7-4-3-5-9(13)12(7)14/h3-5,8,10H,2,6,15H2,1H3,(H,16,17). The molecule has 0 saturated carbocycles. The van der Waals surface area contributed by atoms with Crippen molar-refractivity contribution in [2.75, 3.05) is 0 Å². The van der Waals surface area contributed by atoms with Gasteiger partial charge in [0.2, 0.25) is 0 Å². The number of carboxylic acids is 1. The van der Waals surface area contributed by atoms with Gasteiger partial charge in [0.05, 0.1) is 6.42 Å². The summed E-state index contributed by atoms with van der Waals surface area (Å²) >= 11 is 0. The van der Waals surface area contributed by atoms with Gasteiger partial charge in [-0.1, -0.05) is 19.1 Å². The van der Waals surface area contributed by atoms with Crippen LogP contribution in [-0.4, -0.2) is 17.1 Å². The predicted octanol–water partition coefficient (Wildman–Crippen LogP) is 2.26. The third-order valence-corrected chi connectivity index (χ3v) is 2.76. The van der Waals surface area contributed by atoms with Crippen molar-refractivity contribution in [1.29, 1.82) is 0 Å². The Kier molecular flexibility index (Phi) is 4.57. The Balaban J connectivity index is 3.12. The van der Waals surface area contributed by atoms with E-state index in [1.54, 1.807) is 6.92 Å². The molecule has 0 bridgehead atoms. The number of nitrogens with two attached hydrogens (primary N) is 1. The zero-order valence-corrected chi connectivity index (χ0v) is 9.49. The van der Waals surface area contributed by atoms with Crippen LogP contribution >= 0.6 is 0 Å². The van der Waals surface area contributed by atoms with Gasteiger partial charge in [0.25, 0.3) is 0 Å². The minimum atomic E-state index is -1.08. The van der Waals surface area contributed by atoms with Crippen LogP contribution in [0.1, 0.15) is 31.2 Å². The minimum Gasteiger partial charge on any atom is -0.481 e. The van der Waals surface area contributed by atoms with Gasteiger partial charge in [-0.05, 0) is 18.1 Å². The quantitative estimate of drug-likeness (QED) is 0.833. The summed E-state index contributed by atoms with van der Waals surface area (Å²) < 4.78 is 26.7. The van der Waals surface area contributed by atoms with Crippen LogP contribution in [0.3, 0.4) is 0 Å². The monoisotopic (exact) mass is 243 g/mol. The molecule has 1 aromatic carbocycles. The Morgan fingerprint density at radius 2 is 2.12 bits per heavy atom. The highest BCUT2D eigenvalue weighted by atomic mass is 19.2. The second kappa shape index (κ2) is 5.72. The fourth-order valence-electron chi connectivity index (χ4n) is 1.77. The Bertz CT molecular complexity index is 409. The third-order valence-electron chi connectivity index (χ3n) is 2.76. The van der Waals surface area contributed by atoms with E-state index in [1.165, 1.54) is 12.1 Å². The van der Waals surface area contributed by atoms with E-state index in [2.05, 4.69) is 0 Å². The lowest BCUT2D eigenvalue weighted by molar-refractivity contribution is -0.137. The molecule has 17 heavy (non-hydrogen) atoms. The fraction of sp³-hybridized carbons (Fsp3) is 0.417. The normalized spacial score (nSPS) is 14.4. The van der Waals surface area contributed by atoms with Crippen LogP contribution in [0.25, 0.3) is 0 Å². The number of carboxylic acid groups (broad SMARTS) is 1. The van der Waals surface area contributed by atoms with Crippen molar-refractivity contribution in [1.82, 2.24) is 0 Å². The zero-order valence-electron chi connectivity index (χ0n) is 9.49. The summed E-state index contributed by atoms with van der Waals surface area (Å²) in [4.78, 5) is 10.7. The van der Waals surface area contributed by atoms with Gasteiger partial charge in [0.15, 0.2) is 11.6 Å². The van der Waals surface area contributed by atoms with Crippen LogP contribution in [-0.2, 0) is 4.79 Å². The molecule has 94 valence electrons. The molecule has 2 unspecified atom stereocenters. The van der Waals surface area contributed by atoms with Crippen molar-refractivity contribution in [3.63, 3.8) is 0 Å². The summed E-state index contributed by atoms with van der Waals surface area (Å²) in [5.41, 5.74) is 5.79. The lowest BCUT2D eigenvalue weighted by Gasteiger charge is -2.22. The van der Waals surface area contributed by atoms with E-state index in [-0.39, 0.29) is 12.0 Å². The predicted molar refractivity (Wildman–Crippen MR) is 59.6 cm³/mol. The van der Waals surface area contributed by atoms with Crippen LogP contribution in [0.15, 0.2) is 18.2 Å². The molecule has 0 fully saturated rings. The Hall–Kier alpha value is -1.49. The number of rotatable bonds is 5. The van der Waals surface area contributed by atoms with Crippen LogP contribution in [0.4, 0.5) is 8.78 Å². The maximum Gasteiger partial charge on any atom is 0.304 e. The molecule has 0 aliphatic heterocycles. The van der Waals surface area contributed by atoms with E-state index >= 15 is 0 Å². The van der Waals surface area contributed by atoms with E-state index in [4.69, 9.17) is 10.8 Å². The molecule has 1 aromatic rings. The first-order chi connectivity index (χ1) is 7.97. The topological polar surface area (TPSA) is 63.3 Å². The maximum absolute atomic E-state index is 13.6. The van der Waals surface area contributed by atoms with E-state index in [0.717, 1.165) is 6.07 Å². The molecular weight excluding hydrogens is 228 g/mol. The van der Waals surface area contributed by atoms with E-state index in [9.17, 15) is 13.6 Å². The number of hydrogen-bond donors (Lipinski definition) is 2. The highest BCUT2D eigenvalue weighted by Gasteiger charge is 2.25. The molecular formula is C12H15F2NO2. The van der Waals surface area contributed by atoms with Crippen molar-refractivity contribution < 1.29 is 18.7 Å². The SMILES string of the molecule is CCC(N)C(CC(=O)O)c1cccc(F)c1F. The lowest BCUT2D eigenvalue weighted by Crippen LogP contribution is -2.30. The van der Waals surface area contributed by atoms with E-state index in [1.807, 2.05) is 0 Å². The molecule has 0 aliphatic carbocycles. The summed E-state index contributed by atoms with van der Waals surface area (Å²) in [5, 5.41) is 8.78. The molecule has 0 heterocycles. The zero-order chi connectivity index (χ0) is 13.0. The highest BCUT2D eigenvalue weighted by Crippen LogP contribution is 2.27. The number of carbonyl (C=O) groups is 1. The lowest BCUT2D eigenvalue weighted by atomic mass is 9.87. The van der Waals surface area contributed by atoms with Gasteiger partial charge in [0.1, 0.15) is 0 Å². The first-order valence-corrected chi connectivity index (χ1v) is 5.38. The van der Waals surface area contributed by atoms with E-state index < -0.39 is 29.6 Å². The summed E-state index contributed by atoms with van der Waals surface area (Å²) in [5.74, 6) is -3.79. The molecule has 1 rings (SSSR count). The number of halogens is 2. The highest BCUT2D eigenvalue weighted by molar-refractivity contribution is 5.68. The molecule has 0 amide bonds. The summed E-state index contributed by atoms with van der Waals surface area (Å²) in [7, 11) is 0. The number of hydrogen-bond acceptors (Lipinski definition) is 2. The molecule has 0 aromatic heterocycles. The van der Waals surface area contributed by atoms with Crippen LogP contribution < -0.4 is 5.73 Å². The first-order valence-electron chi connectivity index (χ1n) is 5.38. The second-order valence-electron chi connectivity index (χ2n) is 3.92. The van der Waals surface area contributed by atoms with Crippen molar-refractivity contribution >= 4 is 5.97 Å². The van der Waals surface area contributed by atoms with Crippen molar-refractivity contribution in [3.05, 3.63) is 35.4 Å². The van der Waals surface area contributed by atoms with Gasteiger partial charge in [-0.3, -0.25) is 4.79 Å². The van der Waals surface area contributed by atoms with Crippen molar-refractivity contribution in [2.24, 2.45) is 5.73 Å². The Morgan fingerprint density at radius 1 is 1.47 bits per heavy atom. The van der Waals surface area contributed by atoms with Crippen molar-refractivity contribution in [3.8, 4) is 0 Å². The summed E-state index contributed by atoms with van der Waals surface area (Å²) in [6.45, 7) is 1.77. The molecule has 2 atom stereocenters. The molecule has 0 saturated heterocycles. The smallest absolute Gasteiger partial charge is 0.304 e. The minimum absolute atomic E-state index is 0.0294. The molecule has 3 N–H and O–H groups in total. The maximum atomic E-state index is 13.6. The molecule has 0 spiro atoms. The van der Waals surface area contributed by atoms with Gasteiger partial charge in [-0.25, -0.2) is 8.78 Å². The Labute approximate surface area is 98.2 Å². The van der Waals surface area contributed by atoms with E-state index in [0.29, 0.717) is 6.42 Å².